The number of hydrogen-bond acceptors (Lipinski definition) is 3. The maximum absolute atomic E-state index is 13.0. The van der Waals surface area contributed by atoms with E-state index in [1.807, 2.05) is 50.2 Å². The molecule has 0 N–H and O–H groups in total. The van der Waals surface area contributed by atoms with Crippen LogP contribution in [0.1, 0.15) is 31.6 Å². The topological polar surface area (TPSA) is 53.8 Å². The Morgan fingerprint density at radius 3 is 2.44 bits per heavy atom. The van der Waals surface area contributed by atoms with Gasteiger partial charge in [0.05, 0.1) is 12.8 Å². The number of nitrogens with zero attached hydrogens (tertiary/aromatic N) is 2. The number of hydrogen-bond donors (Lipinski definition) is 0. The highest BCUT2D eigenvalue weighted by molar-refractivity contribution is 6.27. The van der Waals surface area contributed by atoms with Crippen molar-refractivity contribution in [3.8, 4) is 0 Å². The van der Waals surface area contributed by atoms with Gasteiger partial charge in [-0.3, -0.25) is 9.59 Å². The molecule has 0 saturated heterocycles. The maximum atomic E-state index is 13.0. The molecule has 2 rings (SSSR count). The molecule has 1 atom stereocenters. The highest BCUT2D eigenvalue weighted by atomic mass is 35.5. The van der Waals surface area contributed by atoms with E-state index in [-0.39, 0.29) is 30.3 Å². The molecule has 0 radical (unpaired) electrons. The fourth-order valence-corrected chi connectivity index (χ4v) is 2.98. The van der Waals surface area contributed by atoms with E-state index in [1.54, 1.807) is 22.1 Å². The highest BCUT2D eigenvalue weighted by Crippen LogP contribution is 2.11. The Kier molecular flexibility index (Phi) is 8.40. The lowest BCUT2D eigenvalue weighted by Gasteiger charge is -2.30. The number of halogens is 1. The van der Waals surface area contributed by atoms with Crippen LogP contribution in [0.15, 0.2) is 53.1 Å². The molecule has 1 aromatic heterocycles. The predicted molar refractivity (Wildman–Crippen MR) is 106 cm³/mol. The zero-order chi connectivity index (χ0) is 19.6. The van der Waals surface area contributed by atoms with Gasteiger partial charge in [-0.05, 0) is 37.5 Å². The molecule has 146 valence electrons. The van der Waals surface area contributed by atoms with E-state index in [2.05, 4.69) is 0 Å². The van der Waals surface area contributed by atoms with E-state index in [4.69, 9.17) is 16.0 Å². The monoisotopic (exact) mass is 390 g/mol. The fourth-order valence-electron chi connectivity index (χ4n) is 2.82. The van der Waals surface area contributed by atoms with E-state index in [9.17, 15) is 9.59 Å². The van der Waals surface area contributed by atoms with E-state index in [1.165, 1.54) is 0 Å². The van der Waals surface area contributed by atoms with Crippen molar-refractivity contribution in [3.05, 3.63) is 60.1 Å². The molecule has 0 aliphatic heterocycles. The number of benzene rings is 1. The van der Waals surface area contributed by atoms with Crippen LogP contribution < -0.4 is 0 Å². The molecule has 0 spiro atoms. The lowest BCUT2D eigenvalue weighted by molar-refractivity contribution is -0.141. The average molecular weight is 391 g/mol. The number of carbonyl (C=O) groups is 2. The zero-order valence-corrected chi connectivity index (χ0v) is 16.7. The van der Waals surface area contributed by atoms with Crippen molar-refractivity contribution in [2.24, 2.45) is 0 Å². The van der Waals surface area contributed by atoms with E-state index in [0.717, 1.165) is 24.2 Å². The quantitative estimate of drug-likeness (QED) is 0.581. The second-order valence-corrected chi connectivity index (χ2v) is 6.81. The molecule has 5 nitrogen and oxygen atoms in total. The molecule has 1 heterocycles. The molecule has 2 amide bonds. The standard InChI is InChI=1S/C21H27ClN2O3/c1-3-17(2)24(20(25)14-22)16-21(26)23(15-19-10-7-13-27-19)12-11-18-8-5-4-6-9-18/h4-10,13,17H,3,11-12,14-16H2,1-2H3/t17-/m1/s1. The molecular formula is C21H27ClN2O3. The Bertz CT molecular complexity index is 703. The molecule has 0 bridgehead atoms. The van der Waals surface area contributed by atoms with E-state index in [0.29, 0.717) is 13.1 Å². The minimum Gasteiger partial charge on any atom is -0.467 e. The minimum atomic E-state index is -0.222. The van der Waals surface area contributed by atoms with Gasteiger partial charge in [0.15, 0.2) is 0 Å². The number of amides is 2. The molecule has 0 aliphatic rings. The van der Waals surface area contributed by atoms with Crippen molar-refractivity contribution >= 4 is 23.4 Å². The Morgan fingerprint density at radius 2 is 1.85 bits per heavy atom. The van der Waals surface area contributed by atoms with Crippen LogP contribution in [0.4, 0.5) is 0 Å². The van der Waals surface area contributed by atoms with Gasteiger partial charge in [0.2, 0.25) is 11.8 Å². The van der Waals surface area contributed by atoms with Gasteiger partial charge in [-0.2, -0.15) is 0 Å². The number of alkyl halides is 1. The molecule has 1 aromatic carbocycles. The van der Waals surface area contributed by atoms with Crippen LogP contribution in [-0.4, -0.2) is 46.6 Å². The zero-order valence-electron chi connectivity index (χ0n) is 15.9. The van der Waals surface area contributed by atoms with E-state index < -0.39 is 0 Å². The molecular weight excluding hydrogens is 364 g/mol. The minimum absolute atomic E-state index is 0.0239. The van der Waals surface area contributed by atoms with Gasteiger partial charge in [0, 0.05) is 12.6 Å². The van der Waals surface area contributed by atoms with Crippen LogP contribution in [0.5, 0.6) is 0 Å². The Morgan fingerprint density at radius 1 is 1.11 bits per heavy atom. The Labute approximate surface area is 165 Å². The Balaban J connectivity index is 2.10. The summed E-state index contributed by atoms with van der Waals surface area (Å²) in [6, 6.07) is 13.6. The van der Waals surface area contributed by atoms with Gasteiger partial charge < -0.3 is 14.2 Å². The van der Waals surface area contributed by atoms with Crippen molar-refractivity contribution in [1.82, 2.24) is 9.80 Å². The first-order valence-electron chi connectivity index (χ1n) is 9.24. The second kappa shape index (κ2) is 10.8. The maximum Gasteiger partial charge on any atom is 0.242 e. The van der Waals surface area contributed by atoms with Gasteiger partial charge in [0.1, 0.15) is 18.2 Å². The SMILES string of the molecule is CC[C@@H](C)N(CC(=O)N(CCc1ccccc1)Cc1ccco1)C(=O)CCl. The summed E-state index contributed by atoms with van der Waals surface area (Å²) < 4.78 is 5.41. The largest absolute Gasteiger partial charge is 0.467 e. The fraction of sp³-hybridized carbons (Fsp3) is 0.429. The third-order valence-corrected chi connectivity index (χ3v) is 4.88. The first kappa shape index (κ1) is 21.0. The van der Waals surface area contributed by atoms with Crippen molar-refractivity contribution in [2.75, 3.05) is 19.0 Å². The normalized spacial score (nSPS) is 11.8. The number of carbonyl (C=O) groups excluding carboxylic acids is 2. The third-order valence-electron chi connectivity index (χ3n) is 4.66. The number of rotatable bonds is 10. The molecule has 2 aromatic rings. The van der Waals surface area contributed by atoms with Gasteiger partial charge in [-0.25, -0.2) is 0 Å². The summed E-state index contributed by atoms with van der Waals surface area (Å²) in [5, 5.41) is 0. The Hall–Kier alpha value is -2.27. The summed E-state index contributed by atoms with van der Waals surface area (Å²) in [6.45, 7) is 4.86. The molecule has 0 saturated carbocycles. The summed E-state index contributed by atoms with van der Waals surface area (Å²) in [4.78, 5) is 28.5. The van der Waals surface area contributed by atoms with Crippen LogP contribution in [0.2, 0.25) is 0 Å². The first-order valence-corrected chi connectivity index (χ1v) is 9.78. The van der Waals surface area contributed by atoms with Gasteiger partial charge >= 0.3 is 0 Å². The predicted octanol–water partition coefficient (Wildman–Crippen LogP) is 3.72. The molecule has 0 fully saturated rings. The van der Waals surface area contributed by atoms with Crippen molar-refractivity contribution in [3.63, 3.8) is 0 Å². The van der Waals surface area contributed by atoms with Gasteiger partial charge in [-0.1, -0.05) is 37.3 Å². The highest BCUT2D eigenvalue weighted by Gasteiger charge is 2.24. The van der Waals surface area contributed by atoms with Gasteiger partial charge in [-0.15, -0.1) is 11.6 Å². The van der Waals surface area contributed by atoms with Crippen LogP contribution >= 0.6 is 11.6 Å². The van der Waals surface area contributed by atoms with Crippen molar-refractivity contribution < 1.29 is 14.0 Å². The van der Waals surface area contributed by atoms with Crippen LogP contribution in [0.25, 0.3) is 0 Å². The first-order chi connectivity index (χ1) is 13.0. The smallest absolute Gasteiger partial charge is 0.242 e. The summed E-state index contributed by atoms with van der Waals surface area (Å²) in [7, 11) is 0. The van der Waals surface area contributed by atoms with Gasteiger partial charge in [0.25, 0.3) is 0 Å². The lowest BCUT2D eigenvalue weighted by Crippen LogP contribution is -2.47. The van der Waals surface area contributed by atoms with Crippen LogP contribution in [0.3, 0.4) is 0 Å². The van der Waals surface area contributed by atoms with Crippen LogP contribution in [0, 0.1) is 0 Å². The summed E-state index contributed by atoms with van der Waals surface area (Å²) in [5.41, 5.74) is 1.16. The molecule has 0 aliphatic carbocycles. The van der Waals surface area contributed by atoms with Crippen LogP contribution in [-0.2, 0) is 22.6 Å². The molecule has 6 heteroatoms. The van der Waals surface area contributed by atoms with Crippen molar-refractivity contribution in [2.45, 2.75) is 39.3 Å². The molecule has 0 unspecified atom stereocenters. The summed E-state index contributed by atoms with van der Waals surface area (Å²) in [6.07, 6.45) is 3.09. The third kappa shape index (κ3) is 6.43. The summed E-state index contributed by atoms with van der Waals surface area (Å²) >= 11 is 5.74. The second-order valence-electron chi connectivity index (χ2n) is 6.54. The molecule has 27 heavy (non-hydrogen) atoms. The average Bonchev–Trinajstić information content (AvgIpc) is 3.21. The lowest BCUT2D eigenvalue weighted by atomic mass is 10.1. The summed E-state index contributed by atoms with van der Waals surface area (Å²) in [5.74, 6) is 0.261. The van der Waals surface area contributed by atoms with Crippen molar-refractivity contribution in [1.29, 1.82) is 0 Å². The van der Waals surface area contributed by atoms with E-state index >= 15 is 0 Å². The number of furan rings is 1.